The molecule has 1 aliphatic rings. The third-order valence-corrected chi connectivity index (χ3v) is 2.60. The maximum atomic E-state index is 11.8. The molecule has 1 aliphatic heterocycles. The molecule has 90 valence electrons. The first kappa shape index (κ1) is 11.5. The molecular formula is C13H14O4. The van der Waals surface area contributed by atoms with Crippen LogP contribution in [0.3, 0.4) is 0 Å². The highest BCUT2D eigenvalue weighted by Crippen LogP contribution is 2.35. The first-order chi connectivity index (χ1) is 8.15. The highest BCUT2D eigenvalue weighted by molar-refractivity contribution is 6.18. The number of ether oxygens (including phenoxy) is 2. The summed E-state index contributed by atoms with van der Waals surface area (Å²) in [7, 11) is 0. The molecule has 0 aliphatic carbocycles. The summed E-state index contributed by atoms with van der Waals surface area (Å²) in [6, 6.07) is 5.45. The molecule has 2 rings (SSSR count). The average Bonchev–Trinajstić information content (AvgIpc) is 2.29. The van der Waals surface area contributed by atoms with Gasteiger partial charge in [-0.05, 0) is 19.4 Å². The number of carbonyl (C=O) groups is 1. The zero-order valence-corrected chi connectivity index (χ0v) is 9.82. The molecule has 0 fully saturated rings. The lowest BCUT2D eigenvalue weighted by molar-refractivity contribution is -0.136. The summed E-state index contributed by atoms with van der Waals surface area (Å²) in [6.07, 6.45) is 0. The number of fused-ring (bicyclic) bond motifs is 1. The zero-order chi connectivity index (χ0) is 12.4. The van der Waals surface area contributed by atoms with Gasteiger partial charge >= 0.3 is 5.97 Å². The normalized spacial score (nSPS) is 14.0. The second-order valence-electron chi connectivity index (χ2n) is 3.78. The molecule has 0 bridgehead atoms. The van der Waals surface area contributed by atoms with E-state index in [1.165, 1.54) is 0 Å². The van der Waals surface area contributed by atoms with Gasteiger partial charge in [-0.3, -0.25) is 0 Å². The van der Waals surface area contributed by atoms with Crippen molar-refractivity contribution in [1.29, 1.82) is 0 Å². The number of aryl methyl sites for hydroxylation is 1. The van der Waals surface area contributed by atoms with E-state index >= 15 is 0 Å². The van der Waals surface area contributed by atoms with E-state index in [1.54, 1.807) is 13.0 Å². The van der Waals surface area contributed by atoms with Crippen LogP contribution in [0.5, 0.6) is 5.75 Å². The second kappa shape index (κ2) is 4.49. The van der Waals surface area contributed by atoms with Gasteiger partial charge in [-0.15, -0.1) is 0 Å². The average molecular weight is 234 g/mol. The van der Waals surface area contributed by atoms with E-state index in [2.05, 4.69) is 0 Å². The topological polar surface area (TPSA) is 55.8 Å². The number of benzene rings is 1. The van der Waals surface area contributed by atoms with Crippen LogP contribution in [-0.2, 0) is 9.53 Å². The number of para-hydroxylation sites is 1. The largest absolute Gasteiger partial charge is 0.508 e. The van der Waals surface area contributed by atoms with Crippen LogP contribution in [0.2, 0.25) is 0 Å². The van der Waals surface area contributed by atoms with Gasteiger partial charge in [0.25, 0.3) is 0 Å². The van der Waals surface area contributed by atoms with Gasteiger partial charge in [0.05, 0.1) is 6.61 Å². The van der Waals surface area contributed by atoms with Crippen LogP contribution in [0.4, 0.5) is 0 Å². The SMILES string of the molecule is CCOC(=O)C1=C(O)COc2c(C)cccc21. The fourth-order valence-corrected chi connectivity index (χ4v) is 1.84. The molecule has 1 N–H and O–H groups in total. The van der Waals surface area contributed by atoms with Crippen molar-refractivity contribution in [1.82, 2.24) is 0 Å². The summed E-state index contributed by atoms with van der Waals surface area (Å²) < 4.78 is 10.3. The number of rotatable bonds is 2. The molecule has 0 atom stereocenters. The molecule has 1 aromatic rings. The van der Waals surface area contributed by atoms with E-state index in [4.69, 9.17) is 9.47 Å². The summed E-state index contributed by atoms with van der Waals surface area (Å²) in [5.74, 6) is 0.0371. The zero-order valence-electron chi connectivity index (χ0n) is 9.82. The monoisotopic (exact) mass is 234 g/mol. The number of esters is 1. The predicted octanol–water partition coefficient (Wildman–Crippen LogP) is 2.22. The third-order valence-electron chi connectivity index (χ3n) is 2.60. The van der Waals surface area contributed by atoms with Gasteiger partial charge in [-0.25, -0.2) is 4.79 Å². The van der Waals surface area contributed by atoms with Crippen LogP contribution in [0.25, 0.3) is 5.57 Å². The minimum absolute atomic E-state index is 0.00595. The Morgan fingerprint density at radius 2 is 2.29 bits per heavy atom. The number of aliphatic hydroxyl groups is 1. The molecule has 1 heterocycles. The first-order valence-electron chi connectivity index (χ1n) is 5.47. The smallest absolute Gasteiger partial charge is 0.342 e. The fraction of sp³-hybridized carbons (Fsp3) is 0.308. The van der Waals surface area contributed by atoms with Gasteiger partial charge in [0.1, 0.15) is 23.7 Å². The maximum absolute atomic E-state index is 11.8. The predicted molar refractivity (Wildman–Crippen MR) is 62.9 cm³/mol. The van der Waals surface area contributed by atoms with Crippen LogP contribution in [0, 0.1) is 6.92 Å². The molecular weight excluding hydrogens is 220 g/mol. The molecule has 17 heavy (non-hydrogen) atoms. The summed E-state index contributed by atoms with van der Waals surface area (Å²) in [5, 5.41) is 9.76. The van der Waals surface area contributed by atoms with E-state index in [1.807, 2.05) is 19.1 Å². The molecule has 0 radical (unpaired) electrons. The van der Waals surface area contributed by atoms with E-state index in [-0.39, 0.29) is 24.5 Å². The van der Waals surface area contributed by atoms with Crippen LogP contribution in [-0.4, -0.2) is 24.3 Å². The van der Waals surface area contributed by atoms with Crippen molar-refractivity contribution in [3.63, 3.8) is 0 Å². The first-order valence-corrected chi connectivity index (χ1v) is 5.47. The van der Waals surface area contributed by atoms with E-state index in [0.29, 0.717) is 11.3 Å². The molecule has 0 saturated heterocycles. The van der Waals surface area contributed by atoms with Crippen LogP contribution >= 0.6 is 0 Å². The van der Waals surface area contributed by atoms with Gasteiger partial charge in [0.15, 0.2) is 0 Å². The van der Waals surface area contributed by atoms with Crippen molar-refractivity contribution >= 4 is 11.5 Å². The van der Waals surface area contributed by atoms with Gasteiger partial charge in [-0.2, -0.15) is 0 Å². The van der Waals surface area contributed by atoms with E-state index in [0.717, 1.165) is 5.56 Å². The lowest BCUT2D eigenvalue weighted by Crippen LogP contribution is -2.18. The summed E-state index contributed by atoms with van der Waals surface area (Å²) >= 11 is 0. The summed E-state index contributed by atoms with van der Waals surface area (Å²) in [6.45, 7) is 3.90. The molecule has 1 aromatic carbocycles. The Bertz CT molecular complexity index is 488. The molecule has 0 amide bonds. The Labute approximate surface area is 99.5 Å². The Balaban J connectivity index is 2.51. The van der Waals surface area contributed by atoms with Gasteiger partial charge < -0.3 is 14.6 Å². The van der Waals surface area contributed by atoms with E-state index < -0.39 is 5.97 Å². The number of hydrogen-bond donors (Lipinski definition) is 1. The minimum Gasteiger partial charge on any atom is -0.508 e. The van der Waals surface area contributed by atoms with Crippen molar-refractivity contribution in [2.45, 2.75) is 13.8 Å². The van der Waals surface area contributed by atoms with E-state index in [9.17, 15) is 9.90 Å². The van der Waals surface area contributed by atoms with Crippen molar-refractivity contribution < 1.29 is 19.4 Å². The van der Waals surface area contributed by atoms with Crippen molar-refractivity contribution in [2.75, 3.05) is 13.2 Å². The van der Waals surface area contributed by atoms with Gasteiger partial charge in [0, 0.05) is 5.56 Å². The van der Waals surface area contributed by atoms with Gasteiger partial charge in [-0.1, -0.05) is 18.2 Å². The Hall–Kier alpha value is -1.97. The highest BCUT2D eigenvalue weighted by atomic mass is 16.5. The quantitative estimate of drug-likeness (QED) is 0.797. The van der Waals surface area contributed by atoms with Crippen LogP contribution < -0.4 is 4.74 Å². The molecule has 4 nitrogen and oxygen atoms in total. The lowest BCUT2D eigenvalue weighted by atomic mass is 9.99. The van der Waals surface area contributed by atoms with Crippen molar-refractivity contribution in [3.8, 4) is 5.75 Å². The fourth-order valence-electron chi connectivity index (χ4n) is 1.84. The van der Waals surface area contributed by atoms with Crippen LogP contribution in [0.1, 0.15) is 18.1 Å². The molecule has 0 aromatic heterocycles. The lowest BCUT2D eigenvalue weighted by Gasteiger charge is -2.21. The van der Waals surface area contributed by atoms with Crippen LogP contribution in [0.15, 0.2) is 24.0 Å². The summed E-state index contributed by atoms with van der Waals surface area (Å²) in [4.78, 5) is 11.8. The molecule has 0 spiro atoms. The molecule has 0 unspecified atom stereocenters. The van der Waals surface area contributed by atoms with Crippen molar-refractivity contribution in [3.05, 3.63) is 35.1 Å². The highest BCUT2D eigenvalue weighted by Gasteiger charge is 2.27. The molecule has 0 saturated carbocycles. The number of hydrogen-bond acceptors (Lipinski definition) is 4. The van der Waals surface area contributed by atoms with Crippen molar-refractivity contribution in [2.24, 2.45) is 0 Å². The van der Waals surface area contributed by atoms with Gasteiger partial charge in [0.2, 0.25) is 0 Å². The third kappa shape index (κ3) is 1.98. The Kier molecular flexibility index (Phi) is 3.04. The second-order valence-corrected chi connectivity index (χ2v) is 3.78. The Morgan fingerprint density at radius 3 is 3.00 bits per heavy atom. The standard InChI is InChI=1S/C13H14O4/c1-3-16-13(15)11-9-6-4-5-8(2)12(9)17-7-10(11)14/h4-6,14H,3,7H2,1-2H3. The minimum atomic E-state index is -0.514. The Morgan fingerprint density at radius 1 is 1.53 bits per heavy atom. The maximum Gasteiger partial charge on any atom is 0.342 e. The number of carbonyl (C=O) groups excluding carboxylic acids is 1. The molecule has 4 heteroatoms. The summed E-state index contributed by atoms with van der Waals surface area (Å²) in [5.41, 5.74) is 1.72. The number of aliphatic hydroxyl groups excluding tert-OH is 1.